The van der Waals surface area contributed by atoms with Gasteiger partial charge in [0.15, 0.2) is 0 Å². The highest BCUT2D eigenvalue weighted by Crippen LogP contribution is 2.17. The average molecular weight is 277 g/mol. The first-order valence-electron chi connectivity index (χ1n) is 5.34. The first-order valence-corrected chi connectivity index (χ1v) is 5.71. The van der Waals surface area contributed by atoms with Gasteiger partial charge in [-0.2, -0.15) is 0 Å². The Morgan fingerprint density at radius 3 is 2.53 bits per heavy atom. The third-order valence-corrected chi connectivity index (χ3v) is 2.77. The summed E-state index contributed by atoms with van der Waals surface area (Å²) in [5, 5.41) is 0.679. The Hall–Kier alpha value is -0.770. The van der Waals surface area contributed by atoms with Gasteiger partial charge in [-0.05, 0) is 25.5 Å². The van der Waals surface area contributed by atoms with Gasteiger partial charge in [-0.15, -0.1) is 12.4 Å². The van der Waals surface area contributed by atoms with E-state index in [1.165, 1.54) is 0 Å². The second-order valence-electron chi connectivity index (χ2n) is 3.73. The first-order chi connectivity index (χ1) is 7.56. The van der Waals surface area contributed by atoms with Crippen molar-refractivity contribution in [3.8, 4) is 0 Å². The van der Waals surface area contributed by atoms with E-state index >= 15 is 0 Å². The smallest absolute Gasteiger partial charge is 0.239 e. The van der Waals surface area contributed by atoms with E-state index in [2.05, 4.69) is 0 Å². The van der Waals surface area contributed by atoms with Crippen molar-refractivity contribution in [3.05, 3.63) is 34.9 Å². The van der Waals surface area contributed by atoms with Crippen LogP contribution in [0.15, 0.2) is 24.3 Å². The van der Waals surface area contributed by atoms with Gasteiger partial charge in [0.25, 0.3) is 0 Å². The van der Waals surface area contributed by atoms with E-state index in [9.17, 15) is 4.79 Å². The Kier molecular flexibility index (Phi) is 7.19. The van der Waals surface area contributed by atoms with Gasteiger partial charge < -0.3 is 10.6 Å². The van der Waals surface area contributed by atoms with Gasteiger partial charge in [0.1, 0.15) is 0 Å². The Labute approximate surface area is 113 Å². The average Bonchev–Trinajstić information content (AvgIpc) is 2.27. The molecule has 0 saturated heterocycles. The predicted octanol–water partition coefficient (Wildman–Crippen LogP) is 2.46. The molecule has 0 aliphatic rings. The molecule has 0 aliphatic heterocycles. The molecule has 1 amide bonds. The molecule has 1 aromatic rings. The Morgan fingerprint density at radius 2 is 2.06 bits per heavy atom. The van der Waals surface area contributed by atoms with Crippen molar-refractivity contribution >= 4 is 29.9 Å². The van der Waals surface area contributed by atoms with Crippen LogP contribution in [0, 0.1) is 0 Å². The van der Waals surface area contributed by atoms with Crippen molar-refractivity contribution in [2.75, 3.05) is 6.54 Å². The van der Waals surface area contributed by atoms with Crippen molar-refractivity contribution in [1.82, 2.24) is 4.90 Å². The van der Waals surface area contributed by atoms with Crippen LogP contribution >= 0.6 is 24.0 Å². The summed E-state index contributed by atoms with van der Waals surface area (Å²) in [4.78, 5) is 13.4. The summed E-state index contributed by atoms with van der Waals surface area (Å²) < 4.78 is 0. The fraction of sp³-hybridized carbons (Fsp3) is 0.417. The van der Waals surface area contributed by atoms with Gasteiger partial charge in [-0.1, -0.05) is 29.8 Å². The molecule has 2 N–H and O–H groups in total. The van der Waals surface area contributed by atoms with Gasteiger partial charge in [-0.3, -0.25) is 4.79 Å². The minimum Gasteiger partial charge on any atom is -0.337 e. The molecule has 0 spiro atoms. The van der Waals surface area contributed by atoms with E-state index in [1.807, 2.05) is 31.2 Å². The van der Waals surface area contributed by atoms with Crippen molar-refractivity contribution in [2.24, 2.45) is 5.73 Å². The molecular formula is C12H18Cl2N2O. The van der Waals surface area contributed by atoms with Crippen molar-refractivity contribution in [2.45, 2.75) is 26.4 Å². The van der Waals surface area contributed by atoms with Gasteiger partial charge >= 0.3 is 0 Å². The summed E-state index contributed by atoms with van der Waals surface area (Å²) in [7, 11) is 0. The fourth-order valence-corrected chi connectivity index (χ4v) is 1.66. The van der Waals surface area contributed by atoms with Gasteiger partial charge in [0, 0.05) is 18.1 Å². The minimum absolute atomic E-state index is 0. The molecule has 5 heteroatoms. The molecule has 1 unspecified atom stereocenters. The highest BCUT2D eigenvalue weighted by atomic mass is 35.5. The summed E-state index contributed by atoms with van der Waals surface area (Å²) in [6.07, 6.45) is 0. The largest absolute Gasteiger partial charge is 0.337 e. The van der Waals surface area contributed by atoms with Crippen molar-refractivity contribution in [1.29, 1.82) is 0 Å². The van der Waals surface area contributed by atoms with E-state index in [0.29, 0.717) is 18.1 Å². The normalized spacial score (nSPS) is 11.5. The van der Waals surface area contributed by atoms with Crippen LogP contribution in [0.3, 0.4) is 0 Å². The van der Waals surface area contributed by atoms with Gasteiger partial charge in [0.2, 0.25) is 5.91 Å². The number of nitrogens with two attached hydrogens (primary N) is 1. The molecule has 3 nitrogen and oxygen atoms in total. The number of halogens is 2. The molecule has 0 aliphatic carbocycles. The second-order valence-corrected chi connectivity index (χ2v) is 4.14. The molecule has 0 bridgehead atoms. The third kappa shape index (κ3) is 4.54. The topological polar surface area (TPSA) is 46.3 Å². The molecular weight excluding hydrogens is 259 g/mol. The third-order valence-electron chi connectivity index (χ3n) is 2.40. The minimum atomic E-state index is -0.470. The monoisotopic (exact) mass is 276 g/mol. The number of carbonyl (C=O) groups is 1. The SMILES string of the molecule is CCN(Cc1ccccc1Cl)C(=O)C(C)N.Cl. The van der Waals surface area contributed by atoms with Crippen LogP contribution in [0.2, 0.25) is 5.02 Å². The molecule has 1 aromatic carbocycles. The molecule has 1 atom stereocenters. The standard InChI is InChI=1S/C12H17ClN2O.ClH/c1-3-15(12(16)9(2)14)8-10-6-4-5-7-11(10)13;/h4-7,9H,3,8,14H2,1-2H3;1H. The lowest BCUT2D eigenvalue weighted by Crippen LogP contribution is -2.41. The molecule has 0 aromatic heterocycles. The lowest BCUT2D eigenvalue weighted by Gasteiger charge is -2.23. The Balaban J connectivity index is 0.00000256. The summed E-state index contributed by atoms with van der Waals surface area (Å²) in [5.74, 6) is -0.0533. The number of amides is 1. The quantitative estimate of drug-likeness (QED) is 0.918. The molecule has 0 heterocycles. The van der Waals surface area contributed by atoms with Crippen LogP contribution < -0.4 is 5.73 Å². The zero-order valence-electron chi connectivity index (χ0n) is 10.0. The van der Waals surface area contributed by atoms with Gasteiger partial charge in [0.05, 0.1) is 6.04 Å². The number of likely N-dealkylation sites (N-methyl/N-ethyl adjacent to an activating group) is 1. The number of carbonyl (C=O) groups excluding carboxylic acids is 1. The summed E-state index contributed by atoms with van der Waals surface area (Å²) >= 11 is 6.04. The molecule has 96 valence electrons. The maximum Gasteiger partial charge on any atom is 0.239 e. The van der Waals surface area contributed by atoms with E-state index in [-0.39, 0.29) is 18.3 Å². The maximum absolute atomic E-state index is 11.7. The highest BCUT2D eigenvalue weighted by molar-refractivity contribution is 6.31. The number of benzene rings is 1. The lowest BCUT2D eigenvalue weighted by molar-refractivity contribution is -0.132. The van der Waals surface area contributed by atoms with E-state index in [1.54, 1.807) is 11.8 Å². The summed E-state index contributed by atoms with van der Waals surface area (Å²) in [5.41, 5.74) is 6.52. The van der Waals surface area contributed by atoms with Crippen molar-refractivity contribution < 1.29 is 4.79 Å². The van der Waals surface area contributed by atoms with Crippen LogP contribution in [0.4, 0.5) is 0 Å². The highest BCUT2D eigenvalue weighted by Gasteiger charge is 2.16. The number of hydrogen-bond donors (Lipinski definition) is 1. The lowest BCUT2D eigenvalue weighted by atomic mass is 10.2. The molecule has 1 rings (SSSR count). The summed E-state index contributed by atoms with van der Waals surface area (Å²) in [6, 6.07) is 7.05. The van der Waals surface area contributed by atoms with Crippen LogP contribution in [0.1, 0.15) is 19.4 Å². The predicted molar refractivity (Wildman–Crippen MR) is 73.4 cm³/mol. The van der Waals surface area contributed by atoms with Crippen LogP contribution in [0.5, 0.6) is 0 Å². The number of rotatable bonds is 4. The van der Waals surface area contributed by atoms with E-state index in [4.69, 9.17) is 17.3 Å². The molecule has 0 saturated carbocycles. The molecule has 17 heavy (non-hydrogen) atoms. The second kappa shape index (κ2) is 7.54. The molecule has 0 radical (unpaired) electrons. The Morgan fingerprint density at radius 1 is 1.47 bits per heavy atom. The first kappa shape index (κ1) is 16.2. The van der Waals surface area contributed by atoms with Crippen LogP contribution in [-0.4, -0.2) is 23.4 Å². The zero-order valence-corrected chi connectivity index (χ0v) is 11.6. The molecule has 0 fully saturated rings. The van der Waals surface area contributed by atoms with E-state index < -0.39 is 6.04 Å². The number of nitrogens with zero attached hydrogens (tertiary/aromatic N) is 1. The van der Waals surface area contributed by atoms with Crippen molar-refractivity contribution in [3.63, 3.8) is 0 Å². The fourth-order valence-electron chi connectivity index (χ4n) is 1.47. The summed E-state index contributed by atoms with van der Waals surface area (Å²) in [6.45, 7) is 4.76. The Bertz CT molecular complexity index is 369. The zero-order chi connectivity index (χ0) is 12.1. The van der Waals surface area contributed by atoms with Crippen LogP contribution in [0.25, 0.3) is 0 Å². The van der Waals surface area contributed by atoms with Gasteiger partial charge in [-0.25, -0.2) is 0 Å². The number of hydrogen-bond acceptors (Lipinski definition) is 2. The maximum atomic E-state index is 11.7. The van der Waals surface area contributed by atoms with Crippen LogP contribution in [-0.2, 0) is 11.3 Å². The van der Waals surface area contributed by atoms with E-state index in [0.717, 1.165) is 5.56 Å².